The molecule has 1 aromatic heterocycles. The molecule has 12 heavy (non-hydrogen) atoms. The zero-order valence-electron chi connectivity index (χ0n) is 6.34. The number of carboxylic acids is 1. The predicted octanol–water partition coefficient (Wildman–Crippen LogP) is -1.10. The number of hydrogen-bond donors (Lipinski definition) is 2. The third-order valence-corrected chi connectivity index (χ3v) is 1.25. The number of rotatable bonds is 4. The lowest BCUT2D eigenvalue weighted by molar-refractivity contribution is -0.137. The molecule has 0 amide bonds. The molecule has 66 valence electrons. The molecule has 0 unspecified atom stereocenters. The van der Waals surface area contributed by atoms with E-state index in [0.29, 0.717) is 12.1 Å². The first-order chi connectivity index (χ1) is 5.72. The third kappa shape index (κ3) is 2.31. The van der Waals surface area contributed by atoms with E-state index in [1.165, 1.54) is 10.9 Å². The lowest BCUT2D eigenvalue weighted by Gasteiger charge is -1.90. The van der Waals surface area contributed by atoms with Crippen molar-refractivity contribution in [2.75, 3.05) is 6.61 Å². The number of aliphatic hydroxyl groups is 1. The van der Waals surface area contributed by atoms with E-state index in [2.05, 4.69) is 10.3 Å². The van der Waals surface area contributed by atoms with Gasteiger partial charge in [0.05, 0.1) is 5.69 Å². The number of hydrogen-bond acceptors (Lipinski definition) is 4. The van der Waals surface area contributed by atoms with Gasteiger partial charge in [0, 0.05) is 19.2 Å². The fourth-order valence-corrected chi connectivity index (χ4v) is 0.783. The quantitative estimate of drug-likeness (QED) is 0.600. The molecule has 6 nitrogen and oxygen atoms in total. The van der Waals surface area contributed by atoms with E-state index in [9.17, 15) is 4.79 Å². The van der Waals surface area contributed by atoms with Crippen LogP contribution in [0.5, 0.6) is 0 Å². The highest BCUT2D eigenvalue weighted by Gasteiger charge is 2.02. The van der Waals surface area contributed by atoms with Crippen LogP contribution < -0.4 is 0 Å². The second-order valence-corrected chi connectivity index (χ2v) is 2.27. The van der Waals surface area contributed by atoms with E-state index < -0.39 is 5.97 Å². The first kappa shape index (κ1) is 8.66. The maximum absolute atomic E-state index is 10.2. The maximum atomic E-state index is 10.2. The second kappa shape index (κ2) is 3.82. The van der Waals surface area contributed by atoms with E-state index >= 15 is 0 Å². The van der Waals surface area contributed by atoms with E-state index in [1.54, 1.807) is 0 Å². The smallest absolute Gasteiger partial charge is 0.325 e. The Bertz CT molecular complexity index is 271. The standard InChI is InChI=1S/C6H9N3O3/c10-2-1-5-3-9(8-7-5)4-6(11)12/h3,10H,1-2,4H2,(H,11,12). The van der Waals surface area contributed by atoms with Crippen molar-refractivity contribution < 1.29 is 15.0 Å². The summed E-state index contributed by atoms with van der Waals surface area (Å²) in [5, 5.41) is 24.1. The highest BCUT2D eigenvalue weighted by Crippen LogP contribution is 1.93. The summed E-state index contributed by atoms with van der Waals surface area (Å²) in [6.07, 6.45) is 1.91. The summed E-state index contributed by atoms with van der Waals surface area (Å²) < 4.78 is 1.22. The molecular formula is C6H9N3O3. The first-order valence-corrected chi connectivity index (χ1v) is 3.44. The van der Waals surface area contributed by atoms with Gasteiger partial charge in [-0.05, 0) is 0 Å². The van der Waals surface area contributed by atoms with Crippen molar-refractivity contribution in [1.82, 2.24) is 15.0 Å². The normalized spacial score (nSPS) is 10.1. The Kier molecular flexibility index (Phi) is 2.76. The summed E-state index contributed by atoms with van der Waals surface area (Å²) in [5.41, 5.74) is 0.596. The Morgan fingerprint density at radius 3 is 3.00 bits per heavy atom. The molecule has 0 aliphatic heterocycles. The van der Waals surface area contributed by atoms with Crippen LogP contribution in [0.15, 0.2) is 6.20 Å². The molecule has 0 atom stereocenters. The van der Waals surface area contributed by atoms with Crippen LogP contribution in [0, 0.1) is 0 Å². The summed E-state index contributed by atoms with van der Waals surface area (Å²) in [6.45, 7) is -0.204. The Labute approximate surface area is 68.4 Å². The van der Waals surface area contributed by atoms with Gasteiger partial charge in [-0.25, -0.2) is 4.68 Å². The monoisotopic (exact) mass is 171 g/mol. The molecule has 0 saturated carbocycles. The van der Waals surface area contributed by atoms with Gasteiger partial charge in [0.25, 0.3) is 0 Å². The van der Waals surface area contributed by atoms with Crippen LogP contribution in [0.3, 0.4) is 0 Å². The molecule has 1 aromatic rings. The number of aliphatic carboxylic acids is 1. The largest absolute Gasteiger partial charge is 0.480 e. The van der Waals surface area contributed by atoms with Gasteiger partial charge in [-0.1, -0.05) is 5.21 Å². The summed E-state index contributed by atoms with van der Waals surface area (Å²) in [6, 6.07) is 0. The minimum absolute atomic E-state index is 0.00817. The average Bonchev–Trinajstić information content (AvgIpc) is 2.36. The molecule has 0 bridgehead atoms. The van der Waals surface area contributed by atoms with Gasteiger partial charge in [0.1, 0.15) is 6.54 Å². The molecule has 2 N–H and O–H groups in total. The maximum Gasteiger partial charge on any atom is 0.325 e. The lowest BCUT2D eigenvalue weighted by Crippen LogP contribution is -2.08. The minimum Gasteiger partial charge on any atom is -0.480 e. The van der Waals surface area contributed by atoms with Crippen LogP contribution >= 0.6 is 0 Å². The molecule has 0 spiro atoms. The number of carboxylic acid groups (broad SMARTS) is 1. The SMILES string of the molecule is O=C(O)Cn1cc(CCO)nn1. The fraction of sp³-hybridized carbons (Fsp3) is 0.500. The highest BCUT2D eigenvalue weighted by molar-refractivity contribution is 5.66. The van der Waals surface area contributed by atoms with Gasteiger partial charge in [-0.15, -0.1) is 5.10 Å². The molecule has 0 aliphatic carbocycles. The number of nitrogens with zero attached hydrogens (tertiary/aromatic N) is 3. The Morgan fingerprint density at radius 2 is 2.42 bits per heavy atom. The Morgan fingerprint density at radius 1 is 1.67 bits per heavy atom. The van der Waals surface area contributed by atoms with Crippen molar-refractivity contribution in [1.29, 1.82) is 0 Å². The summed E-state index contributed by atoms with van der Waals surface area (Å²) in [4.78, 5) is 10.2. The summed E-state index contributed by atoms with van der Waals surface area (Å²) in [5.74, 6) is -0.963. The molecule has 0 aromatic carbocycles. The molecule has 0 aliphatic rings. The Hall–Kier alpha value is -1.43. The van der Waals surface area contributed by atoms with Crippen molar-refractivity contribution in [3.05, 3.63) is 11.9 Å². The van der Waals surface area contributed by atoms with E-state index in [-0.39, 0.29) is 13.2 Å². The number of aliphatic hydroxyl groups excluding tert-OH is 1. The topological polar surface area (TPSA) is 88.2 Å². The molecule has 6 heteroatoms. The Balaban J connectivity index is 2.58. The second-order valence-electron chi connectivity index (χ2n) is 2.27. The fourth-order valence-electron chi connectivity index (χ4n) is 0.783. The van der Waals surface area contributed by atoms with Crippen LogP contribution in [-0.2, 0) is 17.8 Å². The van der Waals surface area contributed by atoms with E-state index in [0.717, 1.165) is 0 Å². The van der Waals surface area contributed by atoms with Crippen molar-refractivity contribution in [2.24, 2.45) is 0 Å². The average molecular weight is 171 g/mol. The summed E-state index contributed by atoms with van der Waals surface area (Å²) >= 11 is 0. The van der Waals surface area contributed by atoms with Crippen molar-refractivity contribution in [3.63, 3.8) is 0 Å². The van der Waals surface area contributed by atoms with Crippen LogP contribution in [0.2, 0.25) is 0 Å². The molecule has 1 rings (SSSR count). The molecule has 0 fully saturated rings. The molecule has 0 saturated heterocycles. The molecule has 0 radical (unpaired) electrons. The zero-order valence-corrected chi connectivity index (χ0v) is 6.34. The third-order valence-electron chi connectivity index (χ3n) is 1.25. The van der Waals surface area contributed by atoms with Gasteiger partial charge in [0.2, 0.25) is 0 Å². The molecule has 1 heterocycles. The highest BCUT2D eigenvalue weighted by atomic mass is 16.4. The van der Waals surface area contributed by atoms with Crippen LogP contribution in [-0.4, -0.2) is 37.8 Å². The van der Waals surface area contributed by atoms with Crippen molar-refractivity contribution in [3.8, 4) is 0 Å². The van der Waals surface area contributed by atoms with Gasteiger partial charge < -0.3 is 10.2 Å². The molecular weight excluding hydrogens is 162 g/mol. The van der Waals surface area contributed by atoms with Gasteiger partial charge in [-0.2, -0.15) is 0 Å². The first-order valence-electron chi connectivity index (χ1n) is 3.44. The van der Waals surface area contributed by atoms with Crippen LogP contribution in [0.4, 0.5) is 0 Å². The zero-order chi connectivity index (χ0) is 8.97. The van der Waals surface area contributed by atoms with E-state index in [1.807, 2.05) is 0 Å². The lowest BCUT2D eigenvalue weighted by atomic mass is 10.3. The number of carbonyl (C=O) groups is 1. The van der Waals surface area contributed by atoms with E-state index in [4.69, 9.17) is 10.2 Å². The summed E-state index contributed by atoms with van der Waals surface area (Å²) in [7, 11) is 0. The van der Waals surface area contributed by atoms with Gasteiger partial charge >= 0.3 is 5.97 Å². The minimum atomic E-state index is -0.963. The van der Waals surface area contributed by atoms with Crippen molar-refractivity contribution >= 4 is 5.97 Å². The van der Waals surface area contributed by atoms with Crippen LogP contribution in [0.1, 0.15) is 5.69 Å². The number of aromatic nitrogens is 3. The predicted molar refractivity (Wildman–Crippen MR) is 38.4 cm³/mol. The van der Waals surface area contributed by atoms with Gasteiger partial charge in [-0.3, -0.25) is 4.79 Å². The van der Waals surface area contributed by atoms with Crippen LogP contribution in [0.25, 0.3) is 0 Å². The van der Waals surface area contributed by atoms with Crippen molar-refractivity contribution in [2.45, 2.75) is 13.0 Å². The van der Waals surface area contributed by atoms with Gasteiger partial charge in [0.15, 0.2) is 0 Å².